The van der Waals surface area contributed by atoms with Gasteiger partial charge in [0.25, 0.3) is 5.91 Å². The number of hydrogen-bond donors (Lipinski definition) is 1. The molecule has 0 aliphatic heterocycles. The van der Waals surface area contributed by atoms with Crippen LogP contribution in [0.4, 0.5) is 26.3 Å². The Hall–Kier alpha value is -1.84. The molecule has 0 spiro atoms. The van der Waals surface area contributed by atoms with Crippen LogP contribution in [0.5, 0.6) is 11.5 Å². The standard InChI is InChI=1S/C13H12ClF6NO3/c14-3-4-21-11(22)9-5-8(23-6-12(15,16)17)1-2-10(9)24-7-13(18,19)20/h1-2,5H,3-4,6-7H2,(H,21,22). The molecule has 0 radical (unpaired) electrons. The van der Waals surface area contributed by atoms with Crippen LogP contribution in [0, 0.1) is 0 Å². The summed E-state index contributed by atoms with van der Waals surface area (Å²) in [5.41, 5.74) is -0.399. The van der Waals surface area contributed by atoms with Gasteiger partial charge in [0.2, 0.25) is 0 Å². The van der Waals surface area contributed by atoms with E-state index in [1.807, 2.05) is 0 Å². The van der Waals surface area contributed by atoms with Crippen LogP contribution in [0.25, 0.3) is 0 Å². The normalized spacial score (nSPS) is 12.0. The van der Waals surface area contributed by atoms with E-state index in [9.17, 15) is 31.1 Å². The molecule has 0 heterocycles. The second-order valence-corrected chi connectivity index (χ2v) is 4.79. The molecule has 1 rings (SSSR count). The zero-order valence-corrected chi connectivity index (χ0v) is 12.7. The molecule has 1 amide bonds. The highest BCUT2D eigenvalue weighted by molar-refractivity contribution is 6.18. The number of carbonyl (C=O) groups is 1. The molecule has 0 unspecified atom stereocenters. The van der Waals surface area contributed by atoms with Crippen molar-refractivity contribution in [3.63, 3.8) is 0 Å². The summed E-state index contributed by atoms with van der Waals surface area (Å²) in [5.74, 6) is -1.61. The maximum Gasteiger partial charge on any atom is 0.422 e. The van der Waals surface area contributed by atoms with Crippen LogP contribution >= 0.6 is 11.6 Å². The van der Waals surface area contributed by atoms with Crippen LogP contribution < -0.4 is 14.8 Å². The molecule has 0 saturated carbocycles. The topological polar surface area (TPSA) is 47.6 Å². The predicted molar refractivity (Wildman–Crippen MR) is 72.6 cm³/mol. The van der Waals surface area contributed by atoms with Gasteiger partial charge in [0.15, 0.2) is 13.2 Å². The second kappa shape index (κ2) is 8.32. The number of ether oxygens (including phenoxy) is 2. The van der Waals surface area contributed by atoms with Crippen molar-refractivity contribution in [2.45, 2.75) is 12.4 Å². The summed E-state index contributed by atoms with van der Waals surface area (Å²) in [6, 6.07) is 2.75. The average Bonchev–Trinajstić information content (AvgIpc) is 2.47. The lowest BCUT2D eigenvalue weighted by atomic mass is 10.1. The first-order valence-electron chi connectivity index (χ1n) is 6.39. The molecule has 0 bridgehead atoms. The van der Waals surface area contributed by atoms with Gasteiger partial charge in [0.05, 0.1) is 5.56 Å². The number of hydrogen-bond acceptors (Lipinski definition) is 3. The van der Waals surface area contributed by atoms with Crippen molar-refractivity contribution in [3.05, 3.63) is 23.8 Å². The highest BCUT2D eigenvalue weighted by Crippen LogP contribution is 2.27. The van der Waals surface area contributed by atoms with Gasteiger partial charge < -0.3 is 14.8 Å². The smallest absolute Gasteiger partial charge is 0.422 e. The molecule has 0 aliphatic rings. The highest BCUT2D eigenvalue weighted by Gasteiger charge is 2.30. The Kier molecular flexibility index (Phi) is 7.00. The van der Waals surface area contributed by atoms with Crippen LogP contribution in [0.15, 0.2) is 18.2 Å². The fraction of sp³-hybridized carbons (Fsp3) is 0.462. The minimum atomic E-state index is -4.64. The zero-order chi connectivity index (χ0) is 18.4. The third kappa shape index (κ3) is 7.62. The molecule has 0 aliphatic carbocycles. The average molecular weight is 380 g/mol. The van der Waals surface area contributed by atoms with E-state index in [0.29, 0.717) is 0 Å². The Balaban J connectivity index is 2.98. The van der Waals surface area contributed by atoms with Gasteiger partial charge >= 0.3 is 12.4 Å². The van der Waals surface area contributed by atoms with Crippen LogP contribution in [-0.2, 0) is 0 Å². The summed E-state index contributed by atoms with van der Waals surface area (Å²) >= 11 is 5.38. The number of nitrogens with one attached hydrogen (secondary N) is 1. The van der Waals surface area contributed by atoms with E-state index in [1.165, 1.54) is 0 Å². The van der Waals surface area contributed by atoms with Gasteiger partial charge in [0.1, 0.15) is 11.5 Å². The van der Waals surface area contributed by atoms with E-state index < -0.39 is 42.8 Å². The number of alkyl halides is 7. The highest BCUT2D eigenvalue weighted by atomic mass is 35.5. The van der Waals surface area contributed by atoms with Gasteiger partial charge in [-0.25, -0.2) is 0 Å². The van der Waals surface area contributed by atoms with Crippen LogP contribution in [0.1, 0.15) is 10.4 Å². The van der Waals surface area contributed by atoms with Crippen LogP contribution in [0.2, 0.25) is 0 Å². The third-order valence-electron chi connectivity index (χ3n) is 2.37. The summed E-state index contributed by atoms with van der Waals surface area (Å²) in [5, 5.41) is 2.28. The first kappa shape index (κ1) is 20.2. The van der Waals surface area contributed by atoms with Gasteiger partial charge in [-0.2, -0.15) is 26.3 Å². The quantitative estimate of drug-likeness (QED) is 0.582. The van der Waals surface area contributed by atoms with Gasteiger partial charge in [-0.15, -0.1) is 11.6 Å². The lowest BCUT2D eigenvalue weighted by molar-refractivity contribution is -0.154. The van der Waals surface area contributed by atoms with E-state index in [2.05, 4.69) is 14.8 Å². The fourth-order valence-electron chi connectivity index (χ4n) is 1.48. The van der Waals surface area contributed by atoms with Crippen LogP contribution in [-0.4, -0.2) is 43.9 Å². The summed E-state index contributed by atoms with van der Waals surface area (Å²) in [7, 11) is 0. The summed E-state index contributed by atoms with van der Waals surface area (Å²) in [6.45, 7) is -3.27. The lowest BCUT2D eigenvalue weighted by Crippen LogP contribution is -2.27. The fourth-order valence-corrected chi connectivity index (χ4v) is 1.58. The number of rotatable bonds is 7. The molecule has 24 heavy (non-hydrogen) atoms. The molecule has 4 nitrogen and oxygen atoms in total. The summed E-state index contributed by atoms with van der Waals surface area (Å²) in [6.07, 6.45) is -9.25. The van der Waals surface area contributed by atoms with Crippen molar-refractivity contribution >= 4 is 17.5 Å². The minimum absolute atomic E-state index is 0.00668. The molecule has 136 valence electrons. The number of halogens is 7. The molecular weight excluding hydrogens is 368 g/mol. The SMILES string of the molecule is O=C(NCCCl)c1cc(OCC(F)(F)F)ccc1OCC(F)(F)F. The Labute approximate surface area is 137 Å². The molecule has 0 aromatic heterocycles. The van der Waals surface area contributed by atoms with Crippen molar-refractivity contribution in [1.29, 1.82) is 0 Å². The second-order valence-electron chi connectivity index (χ2n) is 4.41. The molecule has 0 fully saturated rings. The minimum Gasteiger partial charge on any atom is -0.484 e. The molecule has 0 atom stereocenters. The molecular formula is C13H12ClF6NO3. The van der Waals surface area contributed by atoms with Gasteiger partial charge in [0, 0.05) is 12.4 Å². The number of benzene rings is 1. The van der Waals surface area contributed by atoms with Crippen molar-refractivity contribution < 1.29 is 40.6 Å². The predicted octanol–water partition coefficient (Wildman–Crippen LogP) is 3.54. The Morgan fingerprint density at radius 3 is 2.17 bits per heavy atom. The van der Waals surface area contributed by atoms with E-state index in [0.717, 1.165) is 18.2 Å². The summed E-state index contributed by atoms with van der Waals surface area (Å²) in [4.78, 5) is 11.9. The number of amides is 1. The van der Waals surface area contributed by atoms with E-state index in [4.69, 9.17) is 11.6 Å². The molecule has 1 aromatic rings. The van der Waals surface area contributed by atoms with Crippen molar-refractivity contribution in [2.24, 2.45) is 0 Å². The Morgan fingerprint density at radius 1 is 1.04 bits per heavy atom. The molecule has 1 aromatic carbocycles. The largest absolute Gasteiger partial charge is 0.484 e. The van der Waals surface area contributed by atoms with Gasteiger partial charge in [-0.1, -0.05) is 0 Å². The van der Waals surface area contributed by atoms with E-state index in [-0.39, 0.29) is 18.2 Å². The molecule has 0 saturated heterocycles. The first-order valence-corrected chi connectivity index (χ1v) is 6.92. The van der Waals surface area contributed by atoms with E-state index >= 15 is 0 Å². The maximum atomic E-state index is 12.2. The monoisotopic (exact) mass is 379 g/mol. The van der Waals surface area contributed by atoms with Gasteiger partial charge in [-0.3, -0.25) is 4.79 Å². The Morgan fingerprint density at radius 2 is 1.62 bits per heavy atom. The molecule has 1 N–H and O–H groups in total. The van der Waals surface area contributed by atoms with Crippen molar-refractivity contribution in [3.8, 4) is 11.5 Å². The number of carbonyl (C=O) groups excluding carboxylic acids is 1. The maximum absolute atomic E-state index is 12.2. The van der Waals surface area contributed by atoms with Gasteiger partial charge in [-0.05, 0) is 18.2 Å². The molecule has 11 heteroatoms. The van der Waals surface area contributed by atoms with Crippen molar-refractivity contribution in [2.75, 3.05) is 25.6 Å². The first-order chi connectivity index (χ1) is 11.0. The summed E-state index contributed by atoms with van der Waals surface area (Å²) < 4.78 is 82.0. The van der Waals surface area contributed by atoms with E-state index in [1.54, 1.807) is 0 Å². The lowest BCUT2D eigenvalue weighted by Gasteiger charge is -2.15. The zero-order valence-electron chi connectivity index (χ0n) is 11.9. The third-order valence-corrected chi connectivity index (χ3v) is 2.56. The van der Waals surface area contributed by atoms with Crippen molar-refractivity contribution in [1.82, 2.24) is 5.32 Å². The van der Waals surface area contributed by atoms with Crippen LogP contribution in [0.3, 0.4) is 0 Å². The Bertz CT molecular complexity index is 562.